The van der Waals surface area contributed by atoms with Gasteiger partial charge in [0, 0.05) is 36.5 Å². The van der Waals surface area contributed by atoms with Crippen molar-refractivity contribution < 1.29 is 4.74 Å². The van der Waals surface area contributed by atoms with E-state index in [0.29, 0.717) is 12.5 Å². The number of hydrogen-bond donors (Lipinski definition) is 0. The lowest BCUT2D eigenvalue weighted by Gasteiger charge is -2.04. The van der Waals surface area contributed by atoms with E-state index >= 15 is 0 Å². The second kappa shape index (κ2) is 4.75. The third kappa shape index (κ3) is 2.16. The van der Waals surface area contributed by atoms with E-state index in [1.54, 1.807) is 0 Å². The van der Waals surface area contributed by atoms with Gasteiger partial charge in [-0.25, -0.2) is 0 Å². The van der Waals surface area contributed by atoms with Gasteiger partial charge in [0.15, 0.2) is 5.65 Å². The Bertz CT molecular complexity index is 490. The van der Waals surface area contributed by atoms with Crippen LogP contribution < -0.4 is 4.74 Å². The molecular weight excluding hydrogens is 349 g/mol. The molecule has 0 aliphatic heterocycles. The maximum Gasteiger partial charge on any atom is 0.227 e. The van der Waals surface area contributed by atoms with E-state index in [1.165, 1.54) is 9.12 Å². The van der Waals surface area contributed by atoms with E-state index in [1.807, 2.05) is 23.2 Å². The fourth-order valence-electron chi connectivity index (χ4n) is 1.24. The first-order chi connectivity index (χ1) is 7.26. The number of fused-ring (bicyclic) bond motifs is 1. The van der Waals surface area contributed by atoms with Gasteiger partial charge in [0.05, 0.1) is 12.0 Å². The molecule has 0 radical (unpaired) electrons. The molecule has 2 heterocycles. The standard InChI is InChI=1S/C8H7ClIN3OS/c1-2-14-7-5-3-4-13(15-10)6(5)11-8(9)12-7/h3-4H,2H2,1H3. The molecule has 0 saturated carbocycles. The summed E-state index contributed by atoms with van der Waals surface area (Å²) in [6.07, 6.45) is 1.91. The predicted molar refractivity (Wildman–Crippen MR) is 70.7 cm³/mol. The van der Waals surface area contributed by atoms with Gasteiger partial charge in [0.2, 0.25) is 11.2 Å². The third-order valence-electron chi connectivity index (χ3n) is 1.80. The first kappa shape index (κ1) is 11.3. The molecule has 0 bridgehead atoms. The Hall–Kier alpha value is -0.210. The molecular formula is C8H7ClIN3OS. The van der Waals surface area contributed by atoms with Crippen LogP contribution in [0.4, 0.5) is 0 Å². The van der Waals surface area contributed by atoms with Crippen molar-refractivity contribution in [3.8, 4) is 5.88 Å². The van der Waals surface area contributed by atoms with Crippen LogP contribution in [-0.4, -0.2) is 20.5 Å². The molecule has 15 heavy (non-hydrogen) atoms. The van der Waals surface area contributed by atoms with Gasteiger partial charge in [0.25, 0.3) is 0 Å². The smallest absolute Gasteiger partial charge is 0.227 e. The summed E-state index contributed by atoms with van der Waals surface area (Å²) in [5, 5.41) is 1.08. The Labute approximate surface area is 108 Å². The molecule has 0 fully saturated rings. The predicted octanol–water partition coefficient (Wildman–Crippen LogP) is 3.33. The number of ether oxygens (including phenoxy) is 1. The average Bonchev–Trinajstić information content (AvgIpc) is 2.61. The Kier molecular flexibility index (Phi) is 3.57. The minimum atomic E-state index is 0.205. The van der Waals surface area contributed by atoms with Crippen molar-refractivity contribution >= 4 is 53.0 Å². The van der Waals surface area contributed by atoms with Gasteiger partial charge in [-0.05, 0) is 24.6 Å². The van der Waals surface area contributed by atoms with Gasteiger partial charge in [-0.3, -0.25) is 3.97 Å². The lowest BCUT2D eigenvalue weighted by atomic mass is 10.4. The Morgan fingerprint density at radius 1 is 1.60 bits per heavy atom. The van der Waals surface area contributed by atoms with Crippen LogP contribution in [0.15, 0.2) is 12.3 Å². The van der Waals surface area contributed by atoms with Crippen LogP contribution in [0.2, 0.25) is 5.28 Å². The summed E-state index contributed by atoms with van der Waals surface area (Å²) >= 11 is 8.00. The summed E-state index contributed by atoms with van der Waals surface area (Å²) in [7, 11) is 1.52. The third-order valence-corrected chi connectivity index (χ3v) is 3.69. The minimum Gasteiger partial charge on any atom is -0.477 e. The number of rotatable bonds is 3. The molecule has 0 aliphatic rings. The highest BCUT2D eigenvalue weighted by atomic mass is 127. The highest BCUT2D eigenvalue weighted by molar-refractivity contribution is 14.2. The Morgan fingerprint density at radius 2 is 2.40 bits per heavy atom. The molecule has 0 spiro atoms. The van der Waals surface area contributed by atoms with E-state index in [-0.39, 0.29) is 5.28 Å². The quantitative estimate of drug-likeness (QED) is 0.625. The average molecular weight is 356 g/mol. The van der Waals surface area contributed by atoms with Crippen molar-refractivity contribution in [2.24, 2.45) is 0 Å². The van der Waals surface area contributed by atoms with Crippen LogP contribution in [-0.2, 0) is 0 Å². The summed E-state index contributed by atoms with van der Waals surface area (Å²) in [6.45, 7) is 2.47. The molecule has 0 unspecified atom stereocenters. The first-order valence-corrected chi connectivity index (χ1v) is 7.92. The van der Waals surface area contributed by atoms with E-state index < -0.39 is 0 Å². The maximum absolute atomic E-state index is 5.82. The fourth-order valence-corrected chi connectivity index (χ4v) is 2.66. The second-order valence-corrected chi connectivity index (χ2v) is 4.73. The molecule has 4 nitrogen and oxygen atoms in total. The lowest BCUT2D eigenvalue weighted by Crippen LogP contribution is -1.97. The van der Waals surface area contributed by atoms with E-state index in [4.69, 9.17) is 16.3 Å². The van der Waals surface area contributed by atoms with Crippen LogP contribution in [0.5, 0.6) is 5.88 Å². The van der Waals surface area contributed by atoms with E-state index in [2.05, 4.69) is 31.2 Å². The van der Waals surface area contributed by atoms with Crippen molar-refractivity contribution in [2.45, 2.75) is 6.92 Å². The van der Waals surface area contributed by atoms with Gasteiger partial charge in [0.1, 0.15) is 0 Å². The molecule has 0 N–H and O–H groups in total. The normalized spacial score (nSPS) is 10.9. The van der Waals surface area contributed by atoms with Crippen LogP contribution >= 0.6 is 41.9 Å². The van der Waals surface area contributed by atoms with Crippen LogP contribution in [0.1, 0.15) is 6.92 Å². The molecule has 80 valence electrons. The minimum absolute atomic E-state index is 0.205. The SMILES string of the molecule is CCOc1nc(Cl)nc2c1ccn2SI. The van der Waals surface area contributed by atoms with Crippen molar-refractivity contribution in [1.82, 2.24) is 13.9 Å². The maximum atomic E-state index is 5.82. The van der Waals surface area contributed by atoms with Crippen LogP contribution in [0, 0.1) is 0 Å². The first-order valence-electron chi connectivity index (χ1n) is 4.22. The van der Waals surface area contributed by atoms with E-state index in [9.17, 15) is 0 Å². The number of nitrogens with zero attached hydrogens (tertiary/aromatic N) is 3. The number of halogens is 2. The molecule has 2 aromatic heterocycles. The summed E-state index contributed by atoms with van der Waals surface area (Å²) < 4.78 is 7.31. The molecule has 2 rings (SSSR count). The zero-order chi connectivity index (χ0) is 10.8. The molecule has 0 atom stereocenters. The summed E-state index contributed by atoms with van der Waals surface area (Å²) in [5.74, 6) is 0.539. The molecule has 2 aromatic rings. The van der Waals surface area contributed by atoms with Gasteiger partial charge in [-0.15, -0.1) is 0 Å². The molecule has 0 amide bonds. The van der Waals surface area contributed by atoms with Crippen LogP contribution in [0.3, 0.4) is 0 Å². The molecule has 0 saturated heterocycles. The zero-order valence-corrected chi connectivity index (χ0v) is 11.5. The van der Waals surface area contributed by atoms with Crippen molar-refractivity contribution in [2.75, 3.05) is 6.61 Å². The largest absolute Gasteiger partial charge is 0.477 e. The monoisotopic (exact) mass is 355 g/mol. The highest BCUT2D eigenvalue weighted by Crippen LogP contribution is 2.29. The second-order valence-electron chi connectivity index (χ2n) is 2.68. The number of aromatic nitrogens is 3. The topological polar surface area (TPSA) is 39.9 Å². The van der Waals surface area contributed by atoms with Gasteiger partial charge in [-0.2, -0.15) is 9.97 Å². The molecule has 7 heteroatoms. The Balaban J connectivity index is 2.65. The molecule has 0 aliphatic carbocycles. The zero-order valence-electron chi connectivity index (χ0n) is 7.78. The summed E-state index contributed by atoms with van der Waals surface area (Å²) in [5.41, 5.74) is 0.776. The van der Waals surface area contributed by atoms with Crippen LogP contribution in [0.25, 0.3) is 11.0 Å². The van der Waals surface area contributed by atoms with Gasteiger partial charge >= 0.3 is 0 Å². The van der Waals surface area contributed by atoms with E-state index in [0.717, 1.165) is 11.0 Å². The van der Waals surface area contributed by atoms with Gasteiger partial charge < -0.3 is 4.74 Å². The van der Waals surface area contributed by atoms with Crippen molar-refractivity contribution in [3.63, 3.8) is 0 Å². The van der Waals surface area contributed by atoms with Crippen molar-refractivity contribution in [3.05, 3.63) is 17.5 Å². The Morgan fingerprint density at radius 3 is 3.07 bits per heavy atom. The molecule has 0 aromatic carbocycles. The summed E-state index contributed by atoms with van der Waals surface area (Å²) in [4.78, 5) is 8.21. The highest BCUT2D eigenvalue weighted by Gasteiger charge is 2.11. The fraction of sp³-hybridized carbons (Fsp3) is 0.250. The summed E-state index contributed by atoms with van der Waals surface area (Å²) in [6, 6.07) is 1.92. The number of hydrogen-bond acceptors (Lipinski definition) is 4. The van der Waals surface area contributed by atoms with Crippen molar-refractivity contribution in [1.29, 1.82) is 0 Å². The van der Waals surface area contributed by atoms with Gasteiger partial charge in [-0.1, -0.05) is 0 Å². The lowest BCUT2D eigenvalue weighted by molar-refractivity contribution is 0.331.